The first-order valence-corrected chi connectivity index (χ1v) is 9.74. The Bertz CT molecular complexity index is 1210. The first-order valence-electron chi connectivity index (χ1n) is 9.74. The smallest absolute Gasteiger partial charge is 0.355 e. The number of ether oxygens (including phenoxy) is 3. The van der Waals surface area contributed by atoms with Gasteiger partial charge >= 0.3 is 11.9 Å². The van der Waals surface area contributed by atoms with Gasteiger partial charge in [-0.2, -0.15) is 0 Å². The highest BCUT2D eigenvalue weighted by atomic mass is 16.5. The molecule has 31 heavy (non-hydrogen) atoms. The van der Waals surface area contributed by atoms with Crippen molar-refractivity contribution in [1.29, 1.82) is 0 Å². The third-order valence-electron chi connectivity index (χ3n) is 5.24. The highest BCUT2D eigenvalue weighted by molar-refractivity contribution is 6.03. The number of anilines is 1. The van der Waals surface area contributed by atoms with E-state index in [4.69, 9.17) is 19.2 Å². The van der Waals surface area contributed by atoms with E-state index in [1.807, 2.05) is 61.0 Å². The quantitative estimate of drug-likeness (QED) is 0.599. The molecule has 160 valence electrons. The van der Waals surface area contributed by atoms with E-state index in [2.05, 4.69) is 0 Å². The third kappa shape index (κ3) is 3.77. The normalized spacial score (nSPS) is 14.1. The fraction of sp³-hybridized carbons (Fsp3) is 0.261. The zero-order valence-corrected chi connectivity index (χ0v) is 17.8. The van der Waals surface area contributed by atoms with Gasteiger partial charge in [-0.25, -0.2) is 14.6 Å². The largest absolute Gasteiger partial charge is 0.466 e. The SMILES string of the molecule is COC(=O)C1=C(C(=O)OC)N(c2cc(-c3cn4ccc(C)cc4n3)ccc2C)COC1. The summed E-state index contributed by atoms with van der Waals surface area (Å²) in [6.45, 7) is 4.01. The number of fused-ring (bicyclic) bond motifs is 1. The van der Waals surface area contributed by atoms with Crippen molar-refractivity contribution >= 4 is 23.3 Å². The molecule has 0 aliphatic carbocycles. The number of imidazole rings is 1. The van der Waals surface area contributed by atoms with Gasteiger partial charge in [-0.05, 0) is 43.2 Å². The van der Waals surface area contributed by atoms with Crippen LogP contribution in [0, 0.1) is 13.8 Å². The maximum Gasteiger partial charge on any atom is 0.355 e. The molecule has 3 heterocycles. The second kappa shape index (κ2) is 8.23. The molecule has 0 saturated heterocycles. The van der Waals surface area contributed by atoms with Gasteiger partial charge < -0.3 is 23.5 Å². The third-order valence-corrected chi connectivity index (χ3v) is 5.24. The Balaban J connectivity index is 1.83. The predicted molar refractivity (Wildman–Crippen MR) is 114 cm³/mol. The summed E-state index contributed by atoms with van der Waals surface area (Å²) in [7, 11) is 2.54. The van der Waals surface area contributed by atoms with Crippen LogP contribution in [0.15, 0.2) is 54.0 Å². The van der Waals surface area contributed by atoms with E-state index in [0.717, 1.165) is 28.0 Å². The standard InChI is InChI=1S/C23H23N3O5/c1-14-7-8-25-11-18(24-20(25)9-14)16-6-5-15(2)19(10-16)26-13-31-12-17(22(27)29-3)21(26)23(28)30-4/h5-11H,12-13H2,1-4H3. The van der Waals surface area contributed by atoms with E-state index in [1.54, 1.807) is 4.90 Å². The summed E-state index contributed by atoms with van der Waals surface area (Å²) in [5.41, 5.74) is 5.49. The van der Waals surface area contributed by atoms with Gasteiger partial charge in [0.1, 0.15) is 18.1 Å². The molecule has 0 spiro atoms. The van der Waals surface area contributed by atoms with Crippen molar-refractivity contribution < 1.29 is 23.8 Å². The zero-order chi connectivity index (χ0) is 22.1. The molecule has 1 aliphatic heterocycles. The van der Waals surface area contributed by atoms with Crippen molar-refractivity contribution in [2.45, 2.75) is 13.8 Å². The van der Waals surface area contributed by atoms with E-state index in [1.165, 1.54) is 14.2 Å². The Labute approximate surface area is 179 Å². The minimum atomic E-state index is -0.630. The Morgan fingerprint density at radius 2 is 1.84 bits per heavy atom. The van der Waals surface area contributed by atoms with Gasteiger partial charge in [0, 0.05) is 23.6 Å². The summed E-state index contributed by atoms with van der Waals surface area (Å²) in [6, 6.07) is 9.88. The molecular weight excluding hydrogens is 398 g/mol. The molecule has 0 amide bonds. The molecule has 0 saturated carbocycles. The number of hydrogen-bond donors (Lipinski definition) is 0. The Morgan fingerprint density at radius 3 is 2.58 bits per heavy atom. The number of benzene rings is 1. The number of rotatable bonds is 4. The second-order valence-electron chi connectivity index (χ2n) is 7.31. The molecule has 1 aromatic carbocycles. The first kappa shape index (κ1) is 20.6. The fourth-order valence-electron chi connectivity index (χ4n) is 3.62. The Hall–Kier alpha value is -3.65. The highest BCUT2D eigenvalue weighted by Gasteiger charge is 2.33. The van der Waals surface area contributed by atoms with Gasteiger partial charge in [0.25, 0.3) is 0 Å². The number of carbonyl (C=O) groups excluding carboxylic acids is 2. The van der Waals surface area contributed by atoms with Crippen LogP contribution >= 0.6 is 0 Å². The van der Waals surface area contributed by atoms with Crippen molar-refractivity contribution in [3.8, 4) is 11.3 Å². The number of nitrogens with zero attached hydrogens (tertiary/aromatic N) is 3. The van der Waals surface area contributed by atoms with Gasteiger partial charge in [0.15, 0.2) is 0 Å². The van der Waals surface area contributed by atoms with Gasteiger partial charge in [-0.1, -0.05) is 12.1 Å². The maximum absolute atomic E-state index is 12.6. The second-order valence-corrected chi connectivity index (χ2v) is 7.31. The van der Waals surface area contributed by atoms with E-state index in [-0.39, 0.29) is 24.6 Å². The van der Waals surface area contributed by atoms with Gasteiger partial charge in [0.2, 0.25) is 0 Å². The molecular formula is C23H23N3O5. The van der Waals surface area contributed by atoms with Crippen LogP contribution in [0.25, 0.3) is 16.9 Å². The summed E-state index contributed by atoms with van der Waals surface area (Å²) < 4.78 is 17.4. The van der Waals surface area contributed by atoms with Gasteiger partial charge in [-0.15, -0.1) is 0 Å². The highest BCUT2D eigenvalue weighted by Crippen LogP contribution is 2.33. The molecule has 0 bridgehead atoms. The van der Waals surface area contributed by atoms with Crippen molar-refractivity contribution in [1.82, 2.24) is 9.38 Å². The predicted octanol–water partition coefficient (Wildman–Crippen LogP) is 3.01. The van der Waals surface area contributed by atoms with Crippen molar-refractivity contribution in [2.24, 2.45) is 0 Å². The van der Waals surface area contributed by atoms with Gasteiger partial charge in [-0.3, -0.25) is 0 Å². The summed E-state index contributed by atoms with van der Waals surface area (Å²) >= 11 is 0. The summed E-state index contributed by atoms with van der Waals surface area (Å²) in [6.07, 6.45) is 3.92. The molecule has 0 unspecified atom stereocenters. The molecule has 0 radical (unpaired) electrons. The van der Waals surface area contributed by atoms with Crippen LogP contribution in [-0.4, -0.2) is 48.9 Å². The minimum Gasteiger partial charge on any atom is -0.466 e. The molecule has 8 heteroatoms. The molecule has 1 aliphatic rings. The lowest BCUT2D eigenvalue weighted by molar-refractivity contribution is -0.140. The van der Waals surface area contributed by atoms with E-state index >= 15 is 0 Å². The van der Waals surface area contributed by atoms with Crippen molar-refractivity contribution in [3.63, 3.8) is 0 Å². The molecule has 4 rings (SSSR count). The molecule has 8 nitrogen and oxygen atoms in total. The van der Waals surface area contributed by atoms with Crippen LogP contribution in [-0.2, 0) is 23.8 Å². The van der Waals surface area contributed by atoms with Crippen molar-refractivity contribution in [2.75, 3.05) is 32.5 Å². The fourth-order valence-corrected chi connectivity index (χ4v) is 3.62. The van der Waals surface area contributed by atoms with Gasteiger partial charge in [0.05, 0.1) is 32.1 Å². The summed E-state index contributed by atoms with van der Waals surface area (Å²) in [5.74, 6) is -1.26. The van der Waals surface area contributed by atoms with Crippen LogP contribution in [0.3, 0.4) is 0 Å². The maximum atomic E-state index is 12.6. The summed E-state index contributed by atoms with van der Waals surface area (Å²) in [4.78, 5) is 31.2. The lowest BCUT2D eigenvalue weighted by Crippen LogP contribution is -2.39. The lowest BCUT2D eigenvalue weighted by Gasteiger charge is -2.32. The minimum absolute atomic E-state index is 0.0296. The summed E-state index contributed by atoms with van der Waals surface area (Å²) in [5, 5.41) is 0. The average molecular weight is 421 g/mol. The van der Waals surface area contributed by atoms with Crippen LogP contribution < -0.4 is 4.90 Å². The number of aryl methyl sites for hydroxylation is 2. The van der Waals surface area contributed by atoms with Crippen LogP contribution in [0.2, 0.25) is 0 Å². The Morgan fingerprint density at radius 1 is 1.06 bits per heavy atom. The zero-order valence-electron chi connectivity index (χ0n) is 17.8. The molecule has 2 aromatic heterocycles. The number of carbonyl (C=O) groups is 2. The number of methoxy groups -OCH3 is 2. The number of pyridine rings is 1. The van der Waals surface area contributed by atoms with E-state index in [9.17, 15) is 9.59 Å². The van der Waals surface area contributed by atoms with E-state index < -0.39 is 11.9 Å². The monoisotopic (exact) mass is 421 g/mol. The number of hydrogen-bond acceptors (Lipinski definition) is 7. The number of esters is 2. The number of aromatic nitrogens is 2. The topological polar surface area (TPSA) is 82.4 Å². The first-order chi connectivity index (χ1) is 14.9. The van der Waals surface area contributed by atoms with Crippen LogP contribution in [0.5, 0.6) is 0 Å². The van der Waals surface area contributed by atoms with Crippen LogP contribution in [0.4, 0.5) is 5.69 Å². The molecule has 0 fully saturated rings. The molecule has 3 aromatic rings. The van der Waals surface area contributed by atoms with Crippen molar-refractivity contribution in [3.05, 3.63) is 65.1 Å². The molecule has 0 N–H and O–H groups in total. The average Bonchev–Trinajstić information content (AvgIpc) is 3.21. The molecule has 0 atom stereocenters. The Kier molecular flexibility index (Phi) is 5.48. The van der Waals surface area contributed by atoms with E-state index in [0.29, 0.717) is 5.69 Å². The lowest BCUT2D eigenvalue weighted by atomic mass is 10.0. The van der Waals surface area contributed by atoms with Crippen LogP contribution in [0.1, 0.15) is 11.1 Å².